The molecule has 0 saturated heterocycles. The molecule has 0 atom stereocenters. The zero-order valence-electron chi connectivity index (χ0n) is 12.9. The molecule has 0 aromatic heterocycles. The smallest absolute Gasteiger partial charge is 0.263 e. The summed E-state index contributed by atoms with van der Waals surface area (Å²) in [4.78, 5) is 12.1. The molecule has 0 heterocycles. The largest absolute Gasteiger partial charge is 0.360 e. The van der Waals surface area contributed by atoms with Gasteiger partial charge in [-0.25, -0.2) is 0 Å². The van der Waals surface area contributed by atoms with Gasteiger partial charge in [-0.15, -0.1) is 0 Å². The van der Waals surface area contributed by atoms with Crippen molar-refractivity contribution in [1.82, 2.24) is 5.32 Å². The highest BCUT2D eigenvalue weighted by atomic mass is 35.5. The van der Waals surface area contributed by atoms with E-state index in [0.717, 1.165) is 11.1 Å². The van der Waals surface area contributed by atoms with Crippen LogP contribution >= 0.6 is 23.2 Å². The van der Waals surface area contributed by atoms with Crippen LogP contribution in [0.25, 0.3) is 0 Å². The lowest BCUT2D eigenvalue weighted by Crippen LogP contribution is -2.24. The molecule has 0 radical (unpaired) electrons. The van der Waals surface area contributed by atoms with E-state index in [1.807, 2.05) is 43.3 Å². The van der Waals surface area contributed by atoms with Crippen LogP contribution < -0.4 is 10.6 Å². The second kappa shape index (κ2) is 8.39. The van der Waals surface area contributed by atoms with Gasteiger partial charge >= 0.3 is 0 Å². The van der Waals surface area contributed by atoms with Crippen LogP contribution in [0.4, 0.5) is 5.69 Å². The second-order valence-corrected chi connectivity index (χ2v) is 5.87. The fourth-order valence-corrected chi connectivity index (χ4v) is 2.28. The number of carbonyl (C=O) groups excluding carboxylic acids is 1. The Bertz CT molecular complexity index is 825. The fourth-order valence-electron chi connectivity index (χ4n) is 1.90. The summed E-state index contributed by atoms with van der Waals surface area (Å²) in [6.45, 7) is 2.14. The maximum absolute atomic E-state index is 12.1. The van der Waals surface area contributed by atoms with Crippen molar-refractivity contribution in [2.24, 2.45) is 0 Å². The standard InChI is InChI=1S/C18H15Cl2N3O/c1-12-6-7-15(8-17(12)20)22-11-14(9-21)18(24)23-10-13-4-2-3-5-16(13)19/h2-8,11,22H,10H2,1H3,(H,23,24)/b14-11-. The van der Waals surface area contributed by atoms with E-state index in [0.29, 0.717) is 15.7 Å². The third kappa shape index (κ3) is 4.76. The van der Waals surface area contributed by atoms with Crippen molar-refractivity contribution in [3.63, 3.8) is 0 Å². The number of hydrogen-bond donors (Lipinski definition) is 2. The topological polar surface area (TPSA) is 64.9 Å². The van der Waals surface area contributed by atoms with Crippen molar-refractivity contribution in [3.05, 3.63) is 75.4 Å². The second-order valence-electron chi connectivity index (χ2n) is 5.05. The van der Waals surface area contributed by atoms with Crippen LogP contribution in [-0.2, 0) is 11.3 Å². The molecule has 0 fully saturated rings. The average molecular weight is 360 g/mol. The molecule has 0 bridgehead atoms. The van der Waals surface area contributed by atoms with E-state index in [1.54, 1.807) is 12.1 Å². The maximum Gasteiger partial charge on any atom is 0.263 e. The predicted octanol–water partition coefficient (Wildman–Crippen LogP) is 4.44. The lowest BCUT2D eigenvalue weighted by molar-refractivity contribution is -0.117. The van der Waals surface area contributed by atoms with Crippen molar-refractivity contribution in [2.75, 3.05) is 5.32 Å². The molecule has 0 saturated carbocycles. The van der Waals surface area contributed by atoms with E-state index in [-0.39, 0.29) is 12.1 Å². The summed E-state index contributed by atoms with van der Waals surface area (Å²) in [7, 11) is 0. The lowest BCUT2D eigenvalue weighted by Gasteiger charge is -2.07. The Morgan fingerprint density at radius 1 is 1.21 bits per heavy atom. The van der Waals surface area contributed by atoms with Gasteiger partial charge in [-0.1, -0.05) is 47.5 Å². The SMILES string of the molecule is Cc1ccc(N/C=C(/C#N)C(=O)NCc2ccccc2Cl)cc1Cl. The monoisotopic (exact) mass is 359 g/mol. The highest BCUT2D eigenvalue weighted by Gasteiger charge is 2.09. The van der Waals surface area contributed by atoms with Crippen LogP contribution in [0.15, 0.2) is 54.2 Å². The molecule has 2 aromatic rings. The van der Waals surface area contributed by atoms with Crippen molar-refractivity contribution in [3.8, 4) is 6.07 Å². The highest BCUT2D eigenvalue weighted by Crippen LogP contribution is 2.20. The minimum absolute atomic E-state index is 0.0428. The van der Waals surface area contributed by atoms with Crippen molar-refractivity contribution >= 4 is 34.8 Å². The van der Waals surface area contributed by atoms with Gasteiger partial charge in [0.05, 0.1) is 0 Å². The molecule has 0 aliphatic carbocycles. The van der Waals surface area contributed by atoms with E-state index in [4.69, 9.17) is 28.5 Å². The number of nitrogens with zero attached hydrogens (tertiary/aromatic N) is 1. The van der Waals surface area contributed by atoms with Crippen LogP contribution in [0.2, 0.25) is 10.0 Å². The Balaban J connectivity index is 2.01. The number of nitriles is 1. The number of halogens is 2. The molecular weight excluding hydrogens is 345 g/mol. The van der Waals surface area contributed by atoms with E-state index in [2.05, 4.69) is 10.6 Å². The third-order valence-corrected chi connectivity index (χ3v) is 4.09. The summed E-state index contributed by atoms with van der Waals surface area (Å²) >= 11 is 12.1. The molecular formula is C18H15Cl2N3O. The number of nitrogens with one attached hydrogen (secondary N) is 2. The van der Waals surface area contributed by atoms with Crippen molar-refractivity contribution < 1.29 is 4.79 Å². The first-order chi connectivity index (χ1) is 11.5. The minimum Gasteiger partial charge on any atom is -0.360 e. The predicted molar refractivity (Wildman–Crippen MR) is 96.8 cm³/mol. The van der Waals surface area contributed by atoms with Gasteiger partial charge in [0.2, 0.25) is 0 Å². The number of anilines is 1. The maximum atomic E-state index is 12.1. The molecule has 2 aromatic carbocycles. The summed E-state index contributed by atoms with van der Waals surface area (Å²) in [5.41, 5.74) is 2.38. The number of rotatable bonds is 5. The van der Waals surface area contributed by atoms with E-state index in [1.165, 1.54) is 6.20 Å². The molecule has 1 amide bonds. The van der Waals surface area contributed by atoms with Gasteiger partial charge in [-0.3, -0.25) is 4.79 Å². The lowest BCUT2D eigenvalue weighted by atomic mass is 10.2. The number of amides is 1. The zero-order valence-corrected chi connectivity index (χ0v) is 14.4. The first-order valence-corrected chi connectivity index (χ1v) is 7.91. The summed E-state index contributed by atoms with van der Waals surface area (Å²) in [5.74, 6) is -0.483. The van der Waals surface area contributed by atoms with Gasteiger partial charge in [0.25, 0.3) is 5.91 Å². The molecule has 122 valence electrons. The van der Waals surface area contributed by atoms with E-state index in [9.17, 15) is 4.79 Å². The summed E-state index contributed by atoms with van der Waals surface area (Å²) in [6.07, 6.45) is 1.35. The molecule has 0 spiro atoms. The van der Waals surface area contributed by atoms with Crippen molar-refractivity contribution in [1.29, 1.82) is 5.26 Å². The first kappa shape index (κ1) is 17.9. The van der Waals surface area contributed by atoms with Gasteiger partial charge in [0.15, 0.2) is 0 Å². The van der Waals surface area contributed by atoms with Gasteiger partial charge in [0.1, 0.15) is 11.6 Å². The fraction of sp³-hybridized carbons (Fsp3) is 0.111. The molecule has 4 nitrogen and oxygen atoms in total. The highest BCUT2D eigenvalue weighted by molar-refractivity contribution is 6.31. The van der Waals surface area contributed by atoms with Crippen LogP contribution in [0.1, 0.15) is 11.1 Å². The number of hydrogen-bond acceptors (Lipinski definition) is 3. The van der Waals surface area contributed by atoms with Crippen LogP contribution in [0, 0.1) is 18.3 Å². The summed E-state index contributed by atoms with van der Waals surface area (Å²) in [6, 6.07) is 14.5. The van der Waals surface area contributed by atoms with Gasteiger partial charge < -0.3 is 10.6 Å². The molecule has 24 heavy (non-hydrogen) atoms. The van der Waals surface area contributed by atoms with Gasteiger partial charge in [-0.05, 0) is 36.2 Å². The van der Waals surface area contributed by atoms with Crippen LogP contribution in [0.5, 0.6) is 0 Å². The Hall–Kier alpha value is -2.48. The van der Waals surface area contributed by atoms with Crippen LogP contribution in [0.3, 0.4) is 0 Å². The van der Waals surface area contributed by atoms with Crippen LogP contribution in [-0.4, -0.2) is 5.91 Å². The average Bonchev–Trinajstić information content (AvgIpc) is 2.57. The quantitative estimate of drug-likeness (QED) is 0.612. The number of aryl methyl sites for hydroxylation is 1. The number of benzene rings is 2. The minimum atomic E-state index is -0.483. The summed E-state index contributed by atoms with van der Waals surface area (Å²) < 4.78 is 0. The Labute approximate surface area is 150 Å². The zero-order chi connectivity index (χ0) is 17.5. The molecule has 0 aliphatic heterocycles. The van der Waals surface area contributed by atoms with E-state index >= 15 is 0 Å². The molecule has 0 unspecified atom stereocenters. The molecule has 2 rings (SSSR count). The van der Waals surface area contributed by atoms with Gasteiger partial charge in [-0.2, -0.15) is 5.26 Å². The van der Waals surface area contributed by atoms with Gasteiger partial charge in [0, 0.05) is 28.5 Å². The van der Waals surface area contributed by atoms with Crippen molar-refractivity contribution in [2.45, 2.75) is 13.5 Å². The molecule has 2 N–H and O–H groups in total. The third-order valence-electron chi connectivity index (χ3n) is 3.32. The summed E-state index contributed by atoms with van der Waals surface area (Å²) in [5, 5.41) is 15.9. The normalized spacial score (nSPS) is 10.8. The Morgan fingerprint density at radius 2 is 1.96 bits per heavy atom. The Morgan fingerprint density at radius 3 is 2.62 bits per heavy atom. The number of carbonyl (C=O) groups is 1. The molecule has 6 heteroatoms. The Kier molecular flexibility index (Phi) is 6.25. The van der Waals surface area contributed by atoms with E-state index < -0.39 is 5.91 Å². The molecule has 0 aliphatic rings. The first-order valence-electron chi connectivity index (χ1n) is 7.16.